The number of fused-ring (bicyclic) bond motifs is 5. The zero-order valence-electron chi connectivity index (χ0n) is 18.0. The van der Waals surface area contributed by atoms with Gasteiger partial charge in [-0.05, 0) is 62.8 Å². The van der Waals surface area contributed by atoms with E-state index in [4.69, 9.17) is 4.84 Å². The van der Waals surface area contributed by atoms with E-state index < -0.39 is 5.60 Å². The standard InChI is InChI=1S/C24H36N2O3/c1-15-12-24(28)13-16(26-29-17-8-11-25-14-17)6-10-23(24,3)19-7-9-22(2)18(21(15)19)4-5-20(22)27/h17-19,21,25,28H,1,4-14H2,2-3H3/b26-16-/t17-,18-,19-,21-,22-,23+,24+/m0/s1. The average Bonchev–Trinajstić information content (AvgIpc) is 3.30. The number of carbonyl (C=O) groups is 1. The number of nitrogens with zero attached hydrogens (tertiary/aromatic N) is 1. The highest BCUT2D eigenvalue weighted by molar-refractivity contribution is 5.88. The molecule has 5 nitrogen and oxygen atoms in total. The minimum Gasteiger partial charge on any atom is -0.391 e. The van der Waals surface area contributed by atoms with Crippen molar-refractivity contribution in [2.45, 2.75) is 83.3 Å². The van der Waals surface area contributed by atoms with Crippen molar-refractivity contribution in [3.63, 3.8) is 0 Å². The molecule has 0 bridgehead atoms. The number of hydrogen-bond acceptors (Lipinski definition) is 5. The van der Waals surface area contributed by atoms with E-state index in [0.29, 0.717) is 36.4 Å². The molecule has 5 aliphatic rings. The van der Waals surface area contributed by atoms with Gasteiger partial charge in [0.2, 0.25) is 0 Å². The maximum atomic E-state index is 12.6. The highest BCUT2D eigenvalue weighted by Crippen LogP contribution is 2.67. The van der Waals surface area contributed by atoms with Gasteiger partial charge in [-0.15, -0.1) is 0 Å². The minimum absolute atomic E-state index is 0.139. The number of rotatable bonds is 2. The highest BCUT2D eigenvalue weighted by Gasteiger charge is 2.65. The Morgan fingerprint density at radius 1 is 1.14 bits per heavy atom. The van der Waals surface area contributed by atoms with E-state index in [2.05, 4.69) is 30.9 Å². The monoisotopic (exact) mass is 400 g/mol. The van der Waals surface area contributed by atoms with Crippen molar-refractivity contribution in [2.75, 3.05) is 13.1 Å². The summed E-state index contributed by atoms with van der Waals surface area (Å²) in [5.41, 5.74) is 1.07. The van der Waals surface area contributed by atoms with E-state index in [0.717, 1.165) is 63.7 Å². The summed E-state index contributed by atoms with van der Waals surface area (Å²) in [6.45, 7) is 10.8. The van der Waals surface area contributed by atoms with E-state index in [9.17, 15) is 9.90 Å². The van der Waals surface area contributed by atoms with Crippen LogP contribution in [-0.4, -0.2) is 41.4 Å². The topological polar surface area (TPSA) is 70.9 Å². The molecular formula is C24H36N2O3. The molecule has 2 N–H and O–H groups in total. The molecule has 0 amide bonds. The van der Waals surface area contributed by atoms with Gasteiger partial charge in [-0.25, -0.2) is 0 Å². The fraction of sp³-hybridized carbons (Fsp3) is 0.833. The predicted molar refractivity (Wildman–Crippen MR) is 113 cm³/mol. The first-order chi connectivity index (χ1) is 13.8. The van der Waals surface area contributed by atoms with E-state index in [1.807, 2.05) is 0 Å². The lowest BCUT2D eigenvalue weighted by Crippen LogP contribution is -2.63. The molecule has 4 aliphatic carbocycles. The van der Waals surface area contributed by atoms with Crippen LogP contribution in [0.1, 0.15) is 71.6 Å². The summed E-state index contributed by atoms with van der Waals surface area (Å²) in [4.78, 5) is 18.4. The largest absolute Gasteiger partial charge is 0.391 e. The van der Waals surface area contributed by atoms with E-state index in [-0.39, 0.29) is 16.9 Å². The van der Waals surface area contributed by atoms with E-state index in [1.165, 1.54) is 5.57 Å². The van der Waals surface area contributed by atoms with Crippen molar-refractivity contribution >= 4 is 11.5 Å². The molecule has 0 unspecified atom stereocenters. The van der Waals surface area contributed by atoms with Crippen LogP contribution in [0.3, 0.4) is 0 Å². The molecular weight excluding hydrogens is 364 g/mol. The van der Waals surface area contributed by atoms with Gasteiger partial charge in [0.05, 0.1) is 11.3 Å². The number of aliphatic hydroxyl groups is 1. The number of carbonyl (C=O) groups excluding carboxylic acids is 1. The van der Waals surface area contributed by atoms with Gasteiger partial charge in [0.25, 0.3) is 0 Å². The molecule has 5 rings (SSSR count). The van der Waals surface area contributed by atoms with Gasteiger partial charge in [0, 0.05) is 36.6 Å². The number of Topliss-reactive ketones (excluding diaryl/α,β-unsaturated/α-hetero) is 1. The van der Waals surface area contributed by atoms with Crippen LogP contribution in [0.15, 0.2) is 17.3 Å². The van der Waals surface area contributed by atoms with Crippen molar-refractivity contribution in [1.29, 1.82) is 0 Å². The van der Waals surface area contributed by atoms with E-state index in [1.54, 1.807) is 0 Å². The van der Waals surface area contributed by atoms with Gasteiger partial charge in [0.15, 0.2) is 0 Å². The Hall–Kier alpha value is -1.20. The van der Waals surface area contributed by atoms with Crippen molar-refractivity contribution in [2.24, 2.45) is 33.7 Å². The summed E-state index contributed by atoms with van der Waals surface area (Å²) in [5.74, 6) is 1.66. The molecule has 0 aromatic heterocycles. The van der Waals surface area contributed by atoms with Gasteiger partial charge >= 0.3 is 0 Å². The normalized spacial score (nSPS) is 50.9. The van der Waals surface area contributed by atoms with Crippen LogP contribution in [0, 0.1) is 28.6 Å². The van der Waals surface area contributed by atoms with Crippen LogP contribution >= 0.6 is 0 Å². The second-order valence-corrected chi connectivity index (χ2v) is 11.0. The van der Waals surface area contributed by atoms with Crippen LogP contribution in [0.2, 0.25) is 0 Å². The predicted octanol–water partition coefficient (Wildman–Crippen LogP) is 3.61. The number of ketones is 1. The Balaban J connectivity index is 1.39. The lowest BCUT2D eigenvalue weighted by molar-refractivity contribution is -0.170. The third-order valence-corrected chi connectivity index (χ3v) is 9.63. The van der Waals surface area contributed by atoms with Crippen LogP contribution in [-0.2, 0) is 9.63 Å². The van der Waals surface area contributed by atoms with Gasteiger partial charge < -0.3 is 15.3 Å². The Morgan fingerprint density at radius 3 is 2.72 bits per heavy atom. The van der Waals surface area contributed by atoms with Gasteiger partial charge in [-0.3, -0.25) is 4.79 Å². The summed E-state index contributed by atoms with van der Waals surface area (Å²) in [6.07, 6.45) is 7.94. The molecule has 5 heteroatoms. The molecule has 0 radical (unpaired) electrons. The Labute approximate surface area is 174 Å². The average molecular weight is 401 g/mol. The van der Waals surface area contributed by atoms with Crippen molar-refractivity contribution < 1.29 is 14.7 Å². The molecule has 7 atom stereocenters. The quantitative estimate of drug-likeness (QED) is 0.549. The third-order valence-electron chi connectivity index (χ3n) is 9.63. The summed E-state index contributed by atoms with van der Waals surface area (Å²) in [7, 11) is 0. The number of oxime groups is 1. The highest BCUT2D eigenvalue weighted by atomic mass is 16.6. The zero-order chi connectivity index (χ0) is 20.4. The molecule has 0 aromatic carbocycles. The molecule has 4 saturated carbocycles. The van der Waals surface area contributed by atoms with Crippen LogP contribution in [0.4, 0.5) is 0 Å². The summed E-state index contributed by atoms with van der Waals surface area (Å²) in [6, 6.07) is 0. The summed E-state index contributed by atoms with van der Waals surface area (Å²) < 4.78 is 0. The van der Waals surface area contributed by atoms with Crippen molar-refractivity contribution in [3.8, 4) is 0 Å². The molecule has 1 aliphatic heterocycles. The van der Waals surface area contributed by atoms with Gasteiger partial charge in [0.1, 0.15) is 11.9 Å². The zero-order valence-corrected chi connectivity index (χ0v) is 18.0. The second-order valence-electron chi connectivity index (χ2n) is 11.0. The fourth-order valence-electron chi connectivity index (χ4n) is 7.70. The Bertz CT molecular complexity index is 757. The first kappa shape index (κ1) is 19.7. The van der Waals surface area contributed by atoms with Crippen molar-refractivity contribution in [3.05, 3.63) is 12.2 Å². The summed E-state index contributed by atoms with van der Waals surface area (Å²) in [5, 5.41) is 19.7. The van der Waals surface area contributed by atoms with Crippen LogP contribution in [0.5, 0.6) is 0 Å². The number of hydrogen-bond donors (Lipinski definition) is 2. The lowest BCUT2D eigenvalue weighted by atomic mass is 9.43. The molecule has 0 aromatic rings. The van der Waals surface area contributed by atoms with E-state index >= 15 is 0 Å². The molecule has 160 valence electrons. The first-order valence-corrected chi connectivity index (χ1v) is 11.6. The van der Waals surface area contributed by atoms with Crippen LogP contribution < -0.4 is 5.32 Å². The Kier molecular flexibility index (Phi) is 4.53. The third kappa shape index (κ3) is 2.79. The molecule has 29 heavy (non-hydrogen) atoms. The van der Waals surface area contributed by atoms with Gasteiger partial charge in [-0.2, -0.15) is 0 Å². The maximum absolute atomic E-state index is 12.6. The fourth-order valence-corrected chi connectivity index (χ4v) is 7.70. The molecule has 5 fully saturated rings. The first-order valence-electron chi connectivity index (χ1n) is 11.6. The summed E-state index contributed by atoms with van der Waals surface area (Å²) >= 11 is 0. The molecule has 1 heterocycles. The number of nitrogens with one attached hydrogen (secondary N) is 1. The molecule has 1 saturated heterocycles. The van der Waals surface area contributed by atoms with Gasteiger partial charge in [-0.1, -0.05) is 31.2 Å². The SMILES string of the molecule is C=C1C[C@@]2(O)C/C(=N\O[C@H]3CCNC3)CC[C@]2(C)[C@H]2CC[C@]3(C)C(=O)CC[C@H]3[C@H]12. The maximum Gasteiger partial charge on any atom is 0.141 e. The molecule has 0 spiro atoms. The second kappa shape index (κ2) is 6.65. The lowest BCUT2D eigenvalue weighted by Gasteiger charge is -2.63. The van der Waals surface area contributed by atoms with Crippen molar-refractivity contribution in [1.82, 2.24) is 5.32 Å². The van der Waals surface area contributed by atoms with Crippen LogP contribution in [0.25, 0.3) is 0 Å². The minimum atomic E-state index is -0.796. The Morgan fingerprint density at radius 2 is 1.97 bits per heavy atom. The smallest absolute Gasteiger partial charge is 0.141 e.